The number of benzene rings is 3. The van der Waals surface area contributed by atoms with Crippen LogP contribution in [0.4, 0.5) is 4.79 Å². The molecular formula is C31H33N3O5. The van der Waals surface area contributed by atoms with Gasteiger partial charge in [-0.25, -0.2) is 9.78 Å². The fourth-order valence-corrected chi connectivity index (χ4v) is 3.99. The number of aryl methyl sites for hydroxylation is 1. The van der Waals surface area contributed by atoms with E-state index in [0.717, 1.165) is 28.1 Å². The molecule has 0 aliphatic rings. The fraction of sp³-hybridized carbons (Fsp3) is 0.258. The van der Waals surface area contributed by atoms with E-state index >= 15 is 0 Å². The molecule has 1 aromatic heterocycles. The number of carbonyl (C=O) groups excluding carboxylic acids is 2. The maximum absolute atomic E-state index is 12.9. The van der Waals surface area contributed by atoms with Gasteiger partial charge in [0.2, 0.25) is 5.89 Å². The number of rotatable bonds is 12. The number of nitrogens with one attached hydrogen (secondary N) is 1. The highest BCUT2D eigenvalue weighted by Crippen LogP contribution is 2.22. The van der Waals surface area contributed by atoms with Crippen LogP contribution in [0.1, 0.15) is 29.5 Å². The minimum Gasteiger partial charge on any atom is -0.493 e. The van der Waals surface area contributed by atoms with Crippen LogP contribution in [0.15, 0.2) is 89.3 Å². The Hall–Kier alpha value is -4.59. The molecule has 3 aromatic carbocycles. The van der Waals surface area contributed by atoms with Crippen LogP contribution in [0.2, 0.25) is 0 Å². The van der Waals surface area contributed by atoms with Crippen LogP contribution in [0.25, 0.3) is 11.5 Å². The second kappa shape index (κ2) is 13.8. The topological polar surface area (TPSA) is 93.9 Å². The molecule has 4 rings (SSSR count). The van der Waals surface area contributed by atoms with Crippen LogP contribution in [-0.2, 0) is 29.0 Å². The van der Waals surface area contributed by atoms with Crippen molar-refractivity contribution < 1.29 is 23.5 Å². The van der Waals surface area contributed by atoms with Crippen LogP contribution in [0, 0.1) is 6.92 Å². The Bertz CT molecular complexity index is 1340. The van der Waals surface area contributed by atoms with Crippen LogP contribution in [-0.4, -0.2) is 41.6 Å². The molecule has 0 atom stereocenters. The molecule has 0 radical (unpaired) electrons. The van der Waals surface area contributed by atoms with Gasteiger partial charge < -0.3 is 24.1 Å². The first-order valence-electron chi connectivity index (χ1n) is 13.0. The minimum absolute atomic E-state index is 0.144. The Labute approximate surface area is 228 Å². The molecule has 0 spiro atoms. The normalized spacial score (nSPS) is 10.6. The van der Waals surface area contributed by atoms with Gasteiger partial charge in [-0.1, -0.05) is 60.7 Å². The molecule has 202 valence electrons. The molecule has 8 nitrogen and oxygen atoms in total. The van der Waals surface area contributed by atoms with Crippen molar-refractivity contribution in [3.8, 4) is 17.2 Å². The third-order valence-corrected chi connectivity index (χ3v) is 6.02. The third-order valence-electron chi connectivity index (χ3n) is 6.02. The lowest BCUT2D eigenvalue weighted by Crippen LogP contribution is -2.42. The van der Waals surface area contributed by atoms with Crippen molar-refractivity contribution in [3.05, 3.63) is 108 Å². The number of carbonyl (C=O) groups is 2. The Morgan fingerprint density at radius 1 is 0.923 bits per heavy atom. The van der Waals surface area contributed by atoms with E-state index < -0.39 is 5.97 Å². The van der Waals surface area contributed by atoms with E-state index in [1.807, 2.05) is 91.9 Å². The number of nitrogens with zero attached hydrogens (tertiary/aromatic N) is 2. The van der Waals surface area contributed by atoms with Gasteiger partial charge in [0.1, 0.15) is 18.1 Å². The molecule has 0 unspecified atom stereocenters. The van der Waals surface area contributed by atoms with Crippen LogP contribution in [0.3, 0.4) is 0 Å². The van der Waals surface area contributed by atoms with Crippen molar-refractivity contribution in [3.63, 3.8) is 0 Å². The highest BCUT2D eigenvalue weighted by Gasteiger charge is 2.18. The van der Waals surface area contributed by atoms with E-state index in [1.165, 1.54) is 4.90 Å². The second-order valence-corrected chi connectivity index (χ2v) is 8.94. The summed E-state index contributed by atoms with van der Waals surface area (Å²) in [5, 5.41) is 2.88. The summed E-state index contributed by atoms with van der Waals surface area (Å²) < 4.78 is 16.8. The van der Waals surface area contributed by atoms with Crippen molar-refractivity contribution in [2.24, 2.45) is 0 Å². The summed E-state index contributed by atoms with van der Waals surface area (Å²) in [6, 6.07) is 26.5. The number of hydrogen-bond donors (Lipinski definition) is 1. The maximum Gasteiger partial charge on any atom is 0.325 e. The Kier molecular flexibility index (Phi) is 9.72. The summed E-state index contributed by atoms with van der Waals surface area (Å²) in [5.41, 5.74) is 3.64. The van der Waals surface area contributed by atoms with Crippen LogP contribution < -0.4 is 10.1 Å². The zero-order valence-corrected chi connectivity index (χ0v) is 22.3. The van der Waals surface area contributed by atoms with Gasteiger partial charge in [0, 0.05) is 25.1 Å². The van der Waals surface area contributed by atoms with Gasteiger partial charge in [-0.05, 0) is 49.2 Å². The number of esters is 1. The molecular weight excluding hydrogens is 494 g/mol. The number of oxazole rings is 1. The predicted octanol–water partition coefficient (Wildman–Crippen LogP) is 5.55. The van der Waals surface area contributed by atoms with E-state index in [4.69, 9.17) is 13.9 Å². The molecule has 8 heteroatoms. The van der Waals surface area contributed by atoms with Gasteiger partial charge in [0.05, 0.1) is 18.9 Å². The molecule has 0 saturated carbocycles. The largest absolute Gasteiger partial charge is 0.493 e. The molecule has 1 N–H and O–H groups in total. The average molecular weight is 528 g/mol. The molecule has 0 aliphatic carbocycles. The van der Waals surface area contributed by atoms with E-state index in [1.54, 1.807) is 6.92 Å². The van der Waals surface area contributed by atoms with Gasteiger partial charge in [0.25, 0.3) is 0 Å². The quantitative estimate of drug-likeness (QED) is 0.243. The standard InChI is InChI=1S/C31H33N3O5/c1-3-37-29(35)22-34(31(36)32-20-24-10-6-4-7-11-24)21-25-14-16-27(17-15-25)38-19-18-28-23(2)39-30(33-28)26-12-8-5-9-13-26/h4-17H,3,18-22H2,1-2H3,(H,32,36). The zero-order chi connectivity index (χ0) is 27.5. The van der Waals surface area contributed by atoms with Crippen molar-refractivity contribution in [2.45, 2.75) is 33.4 Å². The fourth-order valence-electron chi connectivity index (χ4n) is 3.99. The summed E-state index contributed by atoms with van der Waals surface area (Å²) in [6.07, 6.45) is 0.610. The average Bonchev–Trinajstić information content (AvgIpc) is 3.33. The smallest absolute Gasteiger partial charge is 0.325 e. The first kappa shape index (κ1) is 27.4. The highest BCUT2D eigenvalue weighted by molar-refractivity contribution is 5.81. The predicted molar refractivity (Wildman–Crippen MR) is 148 cm³/mol. The molecule has 39 heavy (non-hydrogen) atoms. The number of hydrogen-bond acceptors (Lipinski definition) is 6. The van der Waals surface area contributed by atoms with Crippen molar-refractivity contribution in [2.75, 3.05) is 19.8 Å². The summed E-state index contributed by atoms with van der Waals surface area (Å²) in [7, 11) is 0. The second-order valence-electron chi connectivity index (χ2n) is 8.94. The highest BCUT2D eigenvalue weighted by atomic mass is 16.5. The number of aromatic nitrogens is 1. The van der Waals surface area contributed by atoms with E-state index in [2.05, 4.69) is 10.3 Å². The lowest BCUT2D eigenvalue weighted by atomic mass is 10.2. The SMILES string of the molecule is CCOC(=O)CN(Cc1ccc(OCCc2nc(-c3ccccc3)oc2C)cc1)C(=O)NCc1ccccc1. The Morgan fingerprint density at radius 2 is 1.62 bits per heavy atom. The van der Waals surface area contributed by atoms with E-state index in [0.29, 0.717) is 31.2 Å². The zero-order valence-electron chi connectivity index (χ0n) is 22.3. The van der Waals surface area contributed by atoms with Crippen LogP contribution >= 0.6 is 0 Å². The summed E-state index contributed by atoms with van der Waals surface area (Å²) in [4.78, 5) is 31.1. The Balaban J connectivity index is 1.31. The minimum atomic E-state index is -0.453. The molecule has 0 bridgehead atoms. The summed E-state index contributed by atoms with van der Waals surface area (Å²) in [5.74, 6) is 1.63. The van der Waals surface area contributed by atoms with Crippen molar-refractivity contribution in [1.29, 1.82) is 0 Å². The molecule has 2 amide bonds. The summed E-state index contributed by atoms with van der Waals surface area (Å²) >= 11 is 0. The van der Waals surface area contributed by atoms with E-state index in [9.17, 15) is 9.59 Å². The molecule has 0 saturated heterocycles. The Morgan fingerprint density at radius 3 is 2.31 bits per heavy atom. The maximum atomic E-state index is 12.9. The van der Waals surface area contributed by atoms with Gasteiger partial charge in [-0.15, -0.1) is 0 Å². The van der Waals surface area contributed by atoms with Gasteiger partial charge in [0.15, 0.2) is 0 Å². The molecule has 4 aromatic rings. The molecule has 0 aliphatic heterocycles. The molecule has 1 heterocycles. The lowest BCUT2D eigenvalue weighted by molar-refractivity contribution is -0.143. The molecule has 0 fully saturated rings. The number of urea groups is 1. The van der Waals surface area contributed by atoms with E-state index in [-0.39, 0.29) is 25.7 Å². The van der Waals surface area contributed by atoms with Gasteiger partial charge >= 0.3 is 12.0 Å². The number of ether oxygens (including phenoxy) is 2. The first-order valence-corrected chi connectivity index (χ1v) is 13.0. The van der Waals surface area contributed by atoms with Gasteiger partial charge in [-0.2, -0.15) is 0 Å². The lowest BCUT2D eigenvalue weighted by Gasteiger charge is -2.22. The number of amides is 2. The van der Waals surface area contributed by atoms with Crippen molar-refractivity contribution >= 4 is 12.0 Å². The van der Waals surface area contributed by atoms with Crippen molar-refractivity contribution in [1.82, 2.24) is 15.2 Å². The first-order chi connectivity index (χ1) is 19.0. The monoisotopic (exact) mass is 527 g/mol. The summed E-state index contributed by atoms with van der Waals surface area (Å²) in [6.45, 7) is 4.81. The van der Waals surface area contributed by atoms with Gasteiger partial charge in [-0.3, -0.25) is 4.79 Å². The third kappa shape index (κ3) is 8.20. The van der Waals surface area contributed by atoms with Crippen LogP contribution in [0.5, 0.6) is 5.75 Å².